The number of rotatable bonds is 5. The molecule has 0 aliphatic rings. The fraction of sp³-hybridized carbons (Fsp3) is 0.261. The Hall–Kier alpha value is -3.37. The van der Waals surface area contributed by atoms with Crippen molar-refractivity contribution in [2.24, 2.45) is 7.05 Å². The van der Waals surface area contributed by atoms with Gasteiger partial charge in [0.2, 0.25) is 0 Å². The molecular weight excluding hydrogens is 398 g/mol. The minimum absolute atomic E-state index is 0.0343. The lowest BCUT2D eigenvalue weighted by atomic mass is 10.1. The van der Waals surface area contributed by atoms with Crippen LogP contribution in [0.2, 0.25) is 0 Å². The van der Waals surface area contributed by atoms with Gasteiger partial charge in [0.05, 0.1) is 12.2 Å². The largest absolute Gasteiger partial charge is 0.462 e. The van der Waals surface area contributed by atoms with E-state index in [-0.39, 0.29) is 12.2 Å². The van der Waals surface area contributed by atoms with Crippen LogP contribution < -0.4 is 5.32 Å². The smallest absolute Gasteiger partial charge is 0.341 e. The molecule has 0 aliphatic heterocycles. The predicted octanol–water partition coefficient (Wildman–Crippen LogP) is 4.89. The molecule has 30 heavy (non-hydrogen) atoms. The molecule has 1 amide bonds. The van der Waals surface area contributed by atoms with Gasteiger partial charge < -0.3 is 14.6 Å². The first-order valence-corrected chi connectivity index (χ1v) is 10.4. The van der Waals surface area contributed by atoms with Crippen molar-refractivity contribution in [3.05, 3.63) is 57.1 Å². The van der Waals surface area contributed by atoms with Crippen molar-refractivity contribution in [1.82, 2.24) is 4.57 Å². The van der Waals surface area contributed by atoms with Gasteiger partial charge in [0.15, 0.2) is 0 Å². The number of aryl methyl sites for hydroxylation is 2. The molecule has 0 radical (unpaired) electrons. The molecule has 3 aromatic rings. The van der Waals surface area contributed by atoms with Crippen LogP contribution in [0.5, 0.6) is 0 Å². The summed E-state index contributed by atoms with van der Waals surface area (Å²) in [5, 5.41) is 13.8. The highest BCUT2D eigenvalue weighted by atomic mass is 32.1. The van der Waals surface area contributed by atoms with Gasteiger partial charge in [0.25, 0.3) is 5.91 Å². The summed E-state index contributed by atoms with van der Waals surface area (Å²) in [7, 11) is 1.95. The highest BCUT2D eigenvalue weighted by molar-refractivity contribution is 7.16. The number of esters is 1. The van der Waals surface area contributed by atoms with E-state index in [0.717, 1.165) is 32.6 Å². The molecule has 0 atom stereocenters. The lowest BCUT2D eigenvalue weighted by Gasteiger charge is -2.07. The number of anilines is 1. The second kappa shape index (κ2) is 8.56. The van der Waals surface area contributed by atoms with E-state index in [1.165, 1.54) is 11.3 Å². The maximum absolute atomic E-state index is 12.9. The van der Waals surface area contributed by atoms with Gasteiger partial charge in [-0.2, -0.15) is 5.26 Å². The van der Waals surface area contributed by atoms with Gasteiger partial charge in [-0.25, -0.2) is 4.79 Å². The molecule has 2 heterocycles. The number of nitrogens with zero attached hydrogens (tertiary/aromatic N) is 2. The first kappa shape index (κ1) is 21.3. The normalized spacial score (nSPS) is 11.4. The van der Waals surface area contributed by atoms with E-state index in [1.54, 1.807) is 13.0 Å². The molecule has 0 bridgehead atoms. The van der Waals surface area contributed by atoms with E-state index < -0.39 is 11.9 Å². The van der Waals surface area contributed by atoms with E-state index in [4.69, 9.17) is 4.74 Å². The van der Waals surface area contributed by atoms with Crippen molar-refractivity contribution in [2.75, 3.05) is 11.9 Å². The first-order chi connectivity index (χ1) is 14.3. The molecule has 2 aromatic heterocycles. The van der Waals surface area contributed by atoms with E-state index in [2.05, 4.69) is 5.32 Å². The number of fused-ring (bicyclic) bond motifs is 1. The van der Waals surface area contributed by atoms with Crippen LogP contribution in [-0.4, -0.2) is 23.1 Å². The van der Waals surface area contributed by atoms with Crippen LogP contribution in [0, 0.1) is 32.1 Å². The number of ether oxygens (including phenoxy) is 1. The Morgan fingerprint density at radius 2 is 1.97 bits per heavy atom. The molecule has 1 N–H and O–H groups in total. The van der Waals surface area contributed by atoms with Crippen molar-refractivity contribution in [3.8, 4) is 6.07 Å². The standard InChI is InChI=1S/C23H23N3O3S/c1-6-29-23(28)20-13(2)15(4)30-22(20)25-21(27)16(12-24)11-18-14(3)26(5)19-10-8-7-9-17(18)19/h7-11H,6H2,1-5H3,(H,25,27)/b16-11+. The molecular formula is C23H23N3O3S. The summed E-state index contributed by atoms with van der Waals surface area (Å²) in [6.07, 6.45) is 1.60. The molecule has 3 rings (SSSR count). The molecule has 6 nitrogen and oxygen atoms in total. The van der Waals surface area contributed by atoms with Crippen molar-refractivity contribution < 1.29 is 14.3 Å². The monoisotopic (exact) mass is 421 g/mol. The second-order valence-corrected chi connectivity index (χ2v) is 8.13. The molecule has 0 fully saturated rings. The zero-order valence-electron chi connectivity index (χ0n) is 17.6. The number of carbonyl (C=O) groups is 2. The fourth-order valence-electron chi connectivity index (χ4n) is 3.36. The maximum Gasteiger partial charge on any atom is 0.341 e. The Balaban J connectivity index is 2.00. The van der Waals surface area contributed by atoms with Gasteiger partial charge >= 0.3 is 5.97 Å². The Morgan fingerprint density at radius 3 is 2.63 bits per heavy atom. The third-order valence-electron chi connectivity index (χ3n) is 5.19. The average Bonchev–Trinajstić information content (AvgIpc) is 3.13. The summed E-state index contributed by atoms with van der Waals surface area (Å²) in [5.41, 5.74) is 3.87. The van der Waals surface area contributed by atoms with Gasteiger partial charge in [-0.1, -0.05) is 18.2 Å². The summed E-state index contributed by atoms with van der Waals surface area (Å²) in [4.78, 5) is 26.2. The van der Waals surface area contributed by atoms with Gasteiger partial charge in [0.1, 0.15) is 16.6 Å². The van der Waals surface area contributed by atoms with Crippen LogP contribution in [0.15, 0.2) is 29.8 Å². The van der Waals surface area contributed by atoms with Crippen LogP contribution in [0.4, 0.5) is 5.00 Å². The van der Waals surface area contributed by atoms with Crippen LogP contribution in [0.25, 0.3) is 17.0 Å². The van der Waals surface area contributed by atoms with E-state index in [0.29, 0.717) is 10.6 Å². The lowest BCUT2D eigenvalue weighted by molar-refractivity contribution is -0.112. The summed E-state index contributed by atoms with van der Waals surface area (Å²) in [5.74, 6) is -1.04. The van der Waals surface area contributed by atoms with Crippen molar-refractivity contribution in [2.45, 2.75) is 27.7 Å². The Morgan fingerprint density at radius 1 is 1.27 bits per heavy atom. The number of nitrogens with one attached hydrogen (secondary N) is 1. The van der Waals surface area contributed by atoms with Gasteiger partial charge in [-0.3, -0.25) is 4.79 Å². The molecule has 0 saturated heterocycles. The van der Waals surface area contributed by atoms with Crippen molar-refractivity contribution >= 4 is 45.2 Å². The molecule has 0 aliphatic carbocycles. The molecule has 0 spiro atoms. The zero-order chi connectivity index (χ0) is 22.0. The van der Waals surface area contributed by atoms with Crippen molar-refractivity contribution in [3.63, 3.8) is 0 Å². The number of aromatic nitrogens is 1. The first-order valence-electron chi connectivity index (χ1n) is 9.54. The summed E-state index contributed by atoms with van der Waals surface area (Å²) < 4.78 is 7.15. The van der Waals surface area contributed by atoms with E-state index in [1.807, 2.05) is 62.7 Å². The minimum Gasteiger partial charge on any atom is -0.462 e. The topological polar surface area (TPSA) is 84.1 Å². The molecule has 7 heteroatoms. The fourth-order valence-corrected chi connectivity index (χ4v) is 4.40. The average molecular weight is 422 g/mol. The summed E-state index contributed by atoms with van der Waals surface area (Å²) in [6, 6.07) is 9.83. The number of hydrogen-bond donors (Lipinski definition) is 1. The number of carbonyl (C=O) groups excluding carboxylic acids is 2. The number of hydrogen-bond acceptors (Lipinski definition) is 5. The maximum atomic E-state index is 12.9. The Bertz CT molecular complexity index is 1220. The SMILES string of the molecule is CCOC(=O)c1c(NC(=O)/C(C#N)=C/c2c(C)n(C)c3ccccc23)sc(C)c1C. The van der Waals surface area contributed by atoms with Crippen LogP contribution in [0.3, 0.4) is 0 Å². The summed E-state index contributed by atoms with van der Waals surface area (Å²) >= 11 is 1.29. The number of amides is 1. The highest BCUT2D eigenvalue weighted by Crippen LogP contribution is 2.33. The van der Waals surface area contributed by atoms with Gasteiger partial charge in [0, 0.05) is 34.1 Å². The summed E-state index contributed by atoms with van der Waals surface area (Å²) in [6.45, 7) is 7.61. The number of para-hydroxylation sites is 1. The third kappa shape index (κ3) is 3.74. The van der Waals surface area contributed by atoms with E-state index >= 15 is 0 Å². The number of thiophene rings is 1. The van der Waals surface area contributed by atoms with Crippen LogP contribution in [-0.2, 0) is 16.6 Å². The van der Waals surface area contributed by atoms with Crippen LogP contribution in [0.1, 0.15) is 39.0 Å². The van der Waals surface area contributed by atoms with Crippen molar-refractivity contribution in [1.29, 1.82) is 5.26 Å². The number of benzene rings is 1. The number of nitriles is 1. The quantitative estimate of drug-likeness (QED) is 0.361. The zero-order valence-corrected chi connectivity index (χ0v) is 18.4. The van der Waals surface area contributed by atoms with E-state index in [9.17, 15) is 14.9 Å². The molecule has 0 unspecified atom stereocenters. The van der Waals surface area contributed by atoms with Gasteiger partial charge in [-0.15, -0.1) is 11.3 Å². The molecule has 1 aromatic carbocycles. The van der Waals surface area contributed by atoms with Gasteiger partial charge in [-0.05, 0) is 45.4 Å². The third-order valence-corrected chi connectivity index (χ3v) is 6.32. The minimum atomic E-state index is -0.559. The lowest BCUT2D eigenvalue weighted by Crippen LogP contribution is -2.16. The predicted molar refractivity (Wildman–Crippen MR) is 120 cm³/mol. The highest BCUT2D eigenvalue weighted by Gasteiger charge is 2.23. The molecule has 154 valence electrons. The van der Waals surface area contributed by atoms with Crippen LogP contribution >= 0.6 is 11.3 Å². The Kier molecular flexibility index (Phi) is 6.09. The Labute approximate surface area is 179 Å². The molecule has 0 saturated carbocycles. The second-order valence-electron chi connectivity index (χ2n) is 6.91.